The first-order valence-electron chi connectivity index (χ1n) is 9.94. The fraction of sp³-hybridized carbons (Fsp3) is 0.261. The zero-order valence-electron chi connectivity index (χ0n) is 18.2. The molecule has 0 spiro atoms. The van der Waals surface area contributed by atoms with Gasteiger partial charge in [0.2, 0.25) is 0 Å². The number of carbonyl (C=O) groups excluding carboxylic acids is 1. The molecule has 160 valence electrons. The van der Waals surface area contributed by atoms with E-state index in [0.29, 0.717) is 11.5 Å². The van der Waals surface area contributed by atoms with Crippen LogP contribution in [0.25, 0.3) is 22.2 Å². The van der Waals surface area contributed by atoms with Crippen LogP contribution >= 0.6 is 11.3 Å². The molecule has 0 unspecified atom stereocenters. The molecule has 0 aliphatic heterocycles. The van der Waals surface area contributed by atoms with Gasteiger partial charge in [0.25, 0.3) is 0 Å². The van der Waals surface area contributed by atoms with Crippen LogP contribution in [0.1, 0.15) is 25.6 Å². The molecule has 0 fully saturated rings. The van der Waals surface area contributed by atoms with Crippen molar-refractivity contribution in [1.29, 1.82) is 0 Å². The lowest BCUT2D eigenvalue weighted by atomic mass is 10.1. The van der Waals surface area contributed by atoms with Gasteiger partial charge in [-0.15, -0.1) is 11.3 Å². The van der Waals surface area contributed by atoms with Crippen LogP contribution in [-0.4, -0.2) is 26.2 Å². The van der Waals surface area contributed by atoms with E-state index in [1.807, 2.05) is 83.5 Å². The highest BCUT2D eigenvalue weighted by Crippen LogP contribution is 2.32. The Balaban J connectivity index is 1.71. The third kappa shape index (κ3) is 4.86. The number of hydrogen-bond acceptors (Lipinski definition) is 6. The summed E-state index contributed by atoms with van der Waals surface area (Å²) in [6.07, 6.45) is 3.36. The molecule has 0 saturated carbocycles. The molecule has 0 radical (unpaired) electrons. The van der Waals surface area contributed by atoms with Crippen molar-refractivity contribution in [1.82, 2.24) is 14.5 Å². The molecule has 0 atom stereocenters. The normalized spacial score (nSPS) is 11.5. The lowest BCUT2D eigenvalue weighted by Crippen LogP contribution is -2.27. The van der Waals surface area contributed by atoms with Gasteiger partial charge < -0.3 is 14.6 Å². The minimum Gasteiger partial charge on any atom is -0.444 e. The number of nitrogens with one attached hydrogen (secondary N) is 2. The number of fused-ring (bicyclic) bond motifs is 1. The largest absolute Gasteiger partial charge is 0.444 e. The van der Waals surface area contributed by atoms with Crippen molar-refractivity contribution >= 4 is 45.0 Å². The summed E-state index contributed by atoms with van der Waals surface area (Å²) in [5.74, 6) is 0.712. The SMILES string of the molecule is Cc1cnc(Nc2cc3c(ccn3C)c(-c3cccc(NC(=O)OC(C)(C)C)c3)n2)s1. The van der Waals surface area contributed by atoms with Crippen molar-refractivity contribution < 1.29 is 9.53 Å². The second kappa shape index (κ2) is 8.03. The van der Waals surface area contributed by atoms with Gasteiger partial charge in [0.05, 0.1) is 11.2 Å². The van der Waals surface area contributed by atoms with Gasteiger partial charge in [0, 0.05) is 47.0 Å². The highest BCUT2D eigenvalue weighted by molar-refractivity contribution is 7.15. The minimum absolute atomic E-state index is 0.489. The number of rotatable bonds is 4. The van der Waals surface area contributed by atoms with Crippen LogP contribution in [0.5, 0.6) is 0 Å². The van der Waals surface area contributed by atoms with Crippen molar-refractivity contribution in [3.8, 4) is 11.3 Å². The van der Waals surface area contributed by atoms with Gasteiger partial charge in [0.1, 0.15) is 11.4 Å². The monoisotopic (exact) mass is 435 g/mol. The molecule has 0 aliphatic rings. The Morgan fingerprint density at radius 2 is 2.00 bits per heavy atom. The summed E-state index contributed by atoms with van der Waals surface area (Å²) in [6.45, 7) is 7.52. The van der Waals surface area contributed by atoms with Gasteiger partial charge in [-0.3, -0.25) is 5.32 Å². The Hall–Kier alpha value is -3.39. The fourth-order valence-electron chi connectivity index (χ4n) is 3.24. The van der Waals surface area contributed by atoms with Crippen molar-refractivity contribution in [3.05, 3.63) is 53.7 Å². The van der Waals surface area contributed by atoms with Crippen LogP contribution in [0.2, 0.25) is 0 Å². The fourth-order valence-corrected chi connectivity index (χ4v) is 3.91. The average molecular weight is 436 g/mol. The van der Waals surface area contributed by atoms with Crippen molar-refractivity contribution in [2.24, 2.45) is 7.05 Å². The third-order valence-electron chi connectivity index (χ3n) is 4.52. The first-order chi connectivity index (χ1) is 14.7. The van der Waals surface area contributed by atoms with E-state index in [2.05, 4.69) is 20.2 Å². The van der Waals surface area contributed by atoms with Crippen LogP contribution in [0.4, 0.5) is 21.4 Å². The lowest BCUT2D eigenvalue weighted by Gasteiger charge is -2.19. The zero-order valence-corrected chi connectivity index (χ0v) is 19.0. The van der Waals surface area contributed by atoms with Crippen molar-refractivity contribution in [3.63, 3.8) is 0 Å². The van der Waals surface area contributed by atoms with Crippen LogP contribution in [0.15, 0.2) is 48.8 Å². The number of aromatic nitrogens is 3. The van der Waals surface area contributed by atoms with E-state index in [0.717, 1.165) is 32.2 Å². The summed E-state index contributed by atoms with van der Waals surface area (Å²) in [4.78, 5) is 22.6. The molecule has 0 saturated heterocycles. The highest BCUT2D eigenvalue weighted by Gasteiger charge is 2.17. The van der Waals surface area contributed by atoms with E-state index in [4.69, 9.17) is 9.72 Å². The second-order valence-electron chi connectivity index (χ2n) is 8.32. The van der Waals surface area contributed by atoms with Gasteiger partial charge in [-0.2, -0.15) is 0 Å². The Bertz CT molecular complexity index is 1250. The second-order valence-corrected chi connectivity index (χ2v) is 9.56. The quantitative estimate of drug-likeness (QED) is 0.405. The molecule has 3 aromatic heterocycles. The Morgan fingerprint density at radius 1 is 1.19 bits per heavy atom. The average Bonchev–Trinajstić information content (AvgIpc) is 3.25. The van der Waals surface area contributed by atoms with Crippen molar-refractivity contribution in [2.75, 3.05) is 10.6 Å². The number of nitrogens with zero attached hydrogens (tertiary/aromatic N) is 3. The topological polar surface area (TPSA) is 81.1 Å². The van der Waals surface area contributed by atoms with E-state index in [9.17, 15) is 4.79 Å². The van der Waals surface area contributed by atoms with Gasteiger partial charge in [-0.25, -0.2) is 14.8 Å². The number of benzene rings is 1. The van der Waals surface area contributed by atoms with E-state index >= 15 is 0 Å². The number of hydrogen-bond donors (Lipinski definition) is 2. The van der Waals surface area contributed by atoms with Crippen LogP contribution in [0, 0.1) is 6.92 Å². The van der Waals surface area contributed by atoms with Crippen molar-refractivity contribution in [2.45, 2.75) is 33.3 Å². The summed E-state index contributed by atoms with van der Waals surface area (Å²) in [6, 6.07) is 11.7. The van der Waals surface area contributed by atoms with E-state index in [1.165, 1.54) is 0 Å². The van der Waals surface area contributed by atoms with E-state index < -0.39 is 11.7 Å². The maximum atomic E-state index is 12.2. The number of thiazole rings is 1. The minimum atomic E-state index is -0.562. The number of carbonyl (C=O) groups is 1. The standard InChI is InChI=1S/C23H25N5O2S/c1-14-13-24-21(31-14)27-19-12-18-17(9-10-28(18)5)20(26-19)15-7-6-8-16(11-15)25-22(29)30-23(2,3)4/h6-13H,1-5H3,(H,25,29)(H,24,26,27). The zero-order chi connectivity index (χ0) is 22.2. The maximum Gasteiger partial charge on any atom is 0.412 e. The molecule has 4 rings (SSSR count). The smallest absolute Gasteiger partial charge is 0.412 e. The predicted octanol–water partition coefficient (Wildman–Crippen LogP) is 6.10. The van der Waals surface area contributed by atoms with Crippen LogP contribution < -0.4 is 10.6 Å². The predicted molar refractivity (Wildman–Crippen MR) is 126 cm³/mol. The first kappa shape index (κ1) is 20.9. The number of aryl methyl sites for hydroxylation is 2. The summed E-state index contributed by atoms with van der Waals surface area (Å²) in [7, 11) is 2.00. The number of amides is 1. The molecular formula is C23H25N5O2S. The molecule has 31 heavy (non-hydrogen) atoms. The molecule has 0 bridgehead atoms. The molecule has 8 heteroatoms. The van der Waals surface area contributed by atoms with E-state index in [1.54, 1.807) is 11.3 Å². The van der Waals surface area contributed by atoms with Gasteiger partial charge >= 0.3 is 6.09 Å². The molecule has 7 nitrogen and oxygen atoms in total. The number of ether oxygens (including phenoxy) is 1. The molecule has 1 amide bonds. The third-order valence-corrected chi connectivity index (χ3v) is 5.35. The summed E-state index contributed by atoms with van der Waals surface area (Å²) in [5.41, 5.74) is 2.84. The van der Waals surface area contributed by atoms with Gasteiger partial charge in [-0.05, 0) is 45.9 Å². The number of anilines is 3. The molecular weight excluding hydrogens is 410 g/mol. The summed E-state index contributed by atoms with van der Waals surface area (Å²) >= 11 is 1.58. The molecule has 1 aromatic carbocycles. The Labute approximate surface area is 185 Å². The molecule has 0 aliphatic carbocycles. The van der Waals surface area contributed by atoms with Gasteiger partial charge in [0.15, 0.2) is 5.13 Å². The van der Waals surface area contributed by atoms with Gasteiger partial charge in [-0.1, -0.05) is 12.1 Å². The highest BCUT2D eigenvalue weighted by atomic mass is 32.1. The maximum absolute atomic E-state index is 12.2. The Kier molecular flexibility index (Phi) is 5.41. The number of pyridine rings is 1. The molecule has 2 N–H and O–H groups in total. The summed E-state index contributed by atoms with van der Waals surface area (Å²) in [5, 5.41) is 7.93. The lowest BCUT2D eigenvalue weighted by molar-refractivity contribution is 0.0636. The van der Waals surface area contributed by atoms with E-state index in [-0.39, 0.29) is 0 Å². The summed E-state index contributed by atoms with van der Waals surface area (Å²) < 4.78 is 7.42. The first-order valence-corrected chi connectivity index (χ1v) is 10.8. The molecule has 4 aromatic rings. The Morgan fingerprint density at radius 3 is 2.71 bits per heavy atom. The molecule has 3 heterocycles. The van der Waals surface area contributed by atoms with Crippen LogP contribution in [0.3, 0.4) is 0 Å². The van der Waals surface area contributed by atoms with Crippen LogP contribution in [-0.2, 0) is 11.8 Å².